The number of benzene rings is 2. The van der Waals surface area contributed by atoms with Crippen molar-refractivity contribution in [3.05, 3.63) is 48.0 Å². The zero-order valence-electron chi connectivity index (χ0n) is 14.0. The molecule has 0 aromatic heterocycles. The largest absolute Gasteiger partial charge is 0.495 e. The number of methoxy groups -OCH3 is 1. The van der Waals surface area contributed by atoms with Gasteiger partial charge >= 0.3 is 0 Å². The van der Waals surface area contributed by atoms with Gasteiger partial charge in [0.05, 0.1) is 17.7 Å². The molecule has 0 amide bonds. The van der Waals surface area contributed by atoms with Crippen LogP contribution in [0.3, 0.4) is 0 Å². The van der Waals surface area contributed by atoms with Crippen molar-refractivity contribution >= 4 is 21.4 Å². The molecule has 1 N–H and O–H groups in total. The third-order valence-corrected chi connectivity index (χ3v) is 5.60. The van der Waals surface area contributed by atoms with Crippen molar-refractivity contribution < 1.29 is 13.2 Å². The van der Waals surface area contributed by atoms with Crippen molar-refractivity contribution in [2.45, 2.75) is 24.7 Å². The van der Waals surface area contributed by atoms with Gasteiger partial charge in [0.25, 0.3) is 10.0 Å². The fourth-order valence-corrected chi connectivity index (χ4v) is 3.98. The van der Waals surface area contributed by atoms with E-state index in [1.54, 1.807) is 24.3 Å². The molecule has 1 heterocycles. The molecular weight excluding hydrogens is 324 g/mol. The average molecular weight is 346 g/mol. The minimum Gasteiger partial charge on any atom is -0.495 e. The number of sulfonamides is 1. The number of nitrogens with one attached hydrogen (secondary N) is 1. The van der Waals surface area contributed by atoms with E-state index in [4.69, 9.17) is 4.74 Å². The number of anilines is 2. The maximum atomic E-state index is 12.6. The summed E-state index contributed by atoms with van der Waals surface area (Å²) in [6, 6.07) is 12.4. The monoisotopic (exact) mass is 346 g/mol. The second-order valence-corrected chi connectivity index (χ2v) is 7.68. The van der Waals surface area contributed by atoms with Crippen LogP contribution in [0.25, 0.3) is 0 Å². The summed E-state index contributed by atoms with van der Waals surface area (Å²) in [6.07, 6.45) is 2.38. The second-order valence-electron chi connectivity index (χ2n) is 6.00. The first-order valence-corrected chi connectivity index (χ1v) is 9.50. The number of hydrogen-bond acceptors (Lipinski definition) is 4. The summed E-state index contributed by atoms with van der Waals surface area (Å²) in [7, 11) is -2.13. The van der Waals surface area contributed by atoms with Crippen LogP contribution < -0.4 is 14.4 Å². The first kappa shape index (κ1) is 16.6. The Morgan fingerprint density at radius 2 is 1.71 bits per heavy atom. The van der Waals surface area contributed by atoms with Gasteiger partial charge in [-0.05, 0) is 61.7 Å². The third kappa shape index (κ3) is 3.48. The molecule has 6 heteroatoms. The fraction of sp³-hybridized carbons (Fsp3) is 0.333. The maximum absolute atomic E-state index is 12.6. The number of ether oxygens (including phenoxy) is 1. The van der Waals surface area contributed by atoms with Crippen molar-refractivity contribution in [1.82, 2.24) is 0 Å². The van der Waals surface area contributed by atoms with E-state index in [0.717, 1.165) is 24.3 Å². The zero-order chi connectivity index (χ0) is 17.2. The van der Waals surface area contributed by atoms with Gasteiger partial charge in [0.1, 0.15) is 5.75 Å². The molecule has 1 fully saturated rings. The van der Waals surface area contributed by atoms with Crippen molar-refractivity contribution in [2.24, 2.45) is 0 Å². The summed E-state index contributed by atoms with van der Waals surface area (Å²) in [6.45, 7) is 3.97. The van der Waals surface area contributed by atoms with Gasteiger partial charge in [-0.25, -0.2) is 8.42 Å². The predicted molar refractivity (Wildman–Crippen MR) is 96.4 cm³/mol. The number of rotatable bonds is 5. The van der Waals surface area contributed by atoms with E-state index in [1.807, 2.05) is 25.1 Å². The molecule has 5 nitrogen and oxygen atoms in total. The SMILES string of the molecule is COc1ccc(C)cc1NS(=O)(=O)c1ccc(N2CCCC2)cc1. The molecule has 0 unspecified atom stereocenters. The van der Waals surface area contributed by atoms with Crippen LogP contribution in [0, 0.1) is 6.92 Å². The van der Waals surface area contributed by atoms with Crippen molar-refractivity contribution in [2.75, 3.05) is 29.8 Å². The number of aryl methyl sites for hydroxylation is 1. The number of nitrogens with zero attached hydrogens (tertiary/aromatic N) is 1. The Morgan fingerprint density at radius 1 is 1.04 bits per heavy atom. The van der Waals surface area contributed by atoms with Crippen molar-refractivity contribution in [3.63, 3.8) is 0 Å². The molecule has 2 aromatic rings. The molecule has 0 bridgehead atoms. The molecule has 1 aliphatic heterocycles. The first-order valence-electron chi connectivity index (χ1n) is 8.02. The van der Waals surface area contributed by atoms with Gasteiger partial charge in [0.15, 0.2) is 0 Å². The molecule has 0 aliphatic carbocycles. The molecule has 0 radical (unpaired) electrons. The van der Waals surface area contributed by atoms with Crippen LogP contribution in [-0.2, 0) is 10.0 Å². The Morgan fingerprint density at radius 3 is 2.33 bits per heavy atom. The minimum atomic E-state index is -3.65. The Hall–Kier alpha value is -2.21. The molecule has 3 rings (SSSR count). The van der Waals surface area contributed by atoms with E-state index in [1.165, 1.54) is 20.0 Å². The molecule has 0 saturated carbocycles. The highest BCUT2D eigenvalue weighted by molar-refractivity contribution is 7.92. The summed E-state index contributed by atoms with van der Waals surface area (Å²) < 4.78 is 33.1. The van der Waals surface area contributed by atoms with Crippen LogP contribution >= 0.6 is 0 Å². The van der Waals surface area contributed by atoms with Gasteiger partial charge in [0, 0.05) is 18.8 Å². The summed E-state index contributed by atoms with van der Waals surface area (Å²) in [5, 5.41) is 0. The number of hydrogen-bond donors (Lipinski definition) is 1. The van der Waals surface area contributed by atoms with Crippen LogP contribution in [0.1, 0.15) is 18.4 Å². The summed E-state index contributed by atoms with van der Waals surface area (Å²) in [4.78, 5) is 2.52. The van der Waals surface area contributed by atoms with Crippen LogP contribution in [0.4, 0.5) is 11.4 Å². The zero-order valence-corrected chi connectivity index (χ0v) is 14.8. The summed E-state index contributed by atoms with van der Waals surface area (Å²) >= 11 is 0. The fourth-order valence-electron chi connectivity index (χ4n) is 2.92. The smallest absolute Gasteiger partial charge is 0.262 e. The lowest BCUT2D eigenvalue weighted by molar-refractivity contribution is 0.417. The predicted octanol–water partition coefficient (Wildman–Crippen LogP) is 3.40. The van der Waals surface area contributed by atoms with Gasteiger partial charge < -0.3 is 9.64 Å². The highest BCUT2D eigenvalue weighted by Gasteiger charge is 2.18. The molecule has 0 spiro atoms. The van der Waals surface area contributed by atoms with Gasteiger partial charge in [0.2, 0.25) is 0 Å². The van der Waals surface area contributed by atoms with E-state index in [2.05, 4.69) is 9.62 Å². The summed E-state index contributed by atoms with van der Waals surface area (Å²) in [5.41, 5.74) is 2.47. The molecule has 128 valence electrons. The van der Waals surface area contributed by atoms with E-state index >= 15 is 0 Å². The first-order chi connectivity index (χ1) is 11.5. The van der Waals surface area contributed by atoms with Crippen molar-refractivity contribution in [3.8, 4) is 5.75 Å². The molecule has 1 aliphatic rings. The van der Waals surface area contributed by atoms with Crippen LogP contribution in [0.2, 0.25) is 0 Å². The van der Waals surface area contributed by atoms with Crippen molar-refractivity contribution in [1.29, 1.82) is 0 Å². The van der Waals surface area contributed by atoms with Gasteiger partial charge in [-0.1, -0.05) is 6.07 Å². The average Bonchev–Trinajstić information content (AvgIpc) is 3.09. The highest BCUT2D eigenvalue weighted by Crippen LogP contribution is 2.28. The normalized spacial score (nSPS) is 14.7. The van der Waals surface area contributed by atoms with E-state index in [9.17, 15) is 8.42 Å². The van der Waals surface area contributed by atoms with Gasteiger partial charge in [-0.15, -0.1) is 0 Å². The van der Waals surface area contributed by atoms with Crippen LogP contribution in [-0.4, -0.2) is 28.6 Å². The standard InChI is InChI=1S/C18H22N2O3S/c1-14-5-10-18(23-2)17(13-14)19-24(21,22)16-8-6-15(7-9-16)20-11-3-4-12-20/h5-10,13,19H,3-4,11-12H2,1-2H3. The minimum absolute atomic E-state index is 0.244. The lowest BCUT2D eigenvalue weighted by atomic mass is 10.2. The molecule has 2 aromatic carbocycles. The van der Waals surface area contributed by atoms with Gasteiger partial charge in [-0.2, -0.15) is 0 Å². The Balaban J connectivity index is 1.84. The quantitative estimate of drug-likeness (QED) is 0.901. The van der Waals surface area contributed by atoms with Crippen LogP contribution in [0.5, 0.6) is 5.75 Å². The lowest BCUT2D eigenvalue weighted by Crippen LogP contribution is -2.18. The maximum Gasteiger partial charge on any atom is 0.262 e. The second kappa shape index (κ2) is 6.73. The third-order valence-electron chi connectivity index (χ3n) is 4.22. The summed E-state index contributed by atoms with van der Waals surface area (Å²) in [5.74, 6) is 0.498. The molecule has 0 atom stereocenters. The Labute approximate surface area is 143 Å². The molecule has 1 saturated heterocycles. The van der Waals surface area contributed by atoms with Crippen LogP contribution in [0.15, 0.2) is 47.4 Å². The molecule has 24 heavy (non-hydrogen) atoms. The highest BCUT2D eigenvalue weighted by atomic mass is 32.2. The van der Waals surface area contributed by atoms with E-state index in [-0.39, 0.29) is 4.90 Å². The Kier molecular flexibility index (Phi) is 4.66. The van der Waals surface area contributed by atoms with E-state index < -0.39 is 10.0 Å². The topological polar surface area (TPSA) is 58.6 Å². The van der Waals surface area contributed by atoms with Gasteiger partial charge in [-0.3, -0.25) is 4.72 Å². The molecular formula is C18H22N2O3S. The lowest BCUT2D eigenvalue weighted by Gasteiger charge is -2.18. The Bertz CT molecular complexity index is 811. The van der Waals surface area contributed by atoms with E-state index in [0.29, 0.717) is 11.4 Å².